The SMILES string of the molecule is CCc1c(F)c(F)cc(Br)c1Br. The predicted molar refractivity (Wildman–Crippen MR) is 51.1 cm³/mol. The standard InChI is InChI=1S/C8H6Br2F2/c1-2-4-7(10)5(9)3-6(11)8(4)12/h3H,2H2,1H3. The Morgan fingerprint density at radius 1 is 1.33 bits per heavy atom. The first-order chi connectivity index (χ1) is 5.57. The van der Waals surface area contributed by atoms with Crippen molar-refractivity contribution in [3.63, 3.8) is 0 Å². The van der Waals surface area contributed by atoms with E-state index in [1.165, 1.54) is 0 Å². The number of hydrogen-bond acceptors (Lipinski definition) is 0. The van der Waals surface area contributed by atoms with E-state index >= 15 is 0 Å². The summed E-state index contributed by atoms with van der Waals surface area (Å²) < 4.78 is 26.9. The van der Waals surface area contributed by atoms with Gasteiger partial charge in [-0.05, 0) is 44.3 Å². The van der Waals surface area contributed by atoms with Crippen molar-refractivity contribution in [2.75, 3.05) is 0 Å². The number of hydrogen-bond donors (Lipinski definition) is 0. The molecular formula is C8H6Br2F2. The second-order valence-electron chi connectivity index (χ2n) is 2.30. The molecule has 66 valence electrons. The second kappa shape index (κ2) is 3.83. The molecule has 0 aromatic heterocycles. The molecule has 0 spiro atoms. The Labute approximate surface area is 86.2 Å². The molecule has 0 amide bonds. The van der Waals surface area contributed by atoms with E-state index in [1.807, 2.05) is 0 Å². The molecule has 0 aliphatic carbocycles. The van der Waals surface area contributed by atoms with Crippen molar-refractivity contribution in [2.45, 2.75) is 13.3 Å². The van der Waals surface area contributed by atoms with Gasteiger partial charge in [0.1, 0.15) is 0 Å². The summed E-state index contributed by atoms with van der Waals surface area (Å²) in [5.74, 6) is -1.59. The van der Waals surface area contributed by atoms with Gasteiger partial charge in [-0.1, -0.05) is 6.92 Å². The van der Waals surface area contributed by atoms with Crippen LogP contribution in [0.4, 0.5) is 8.78 Å². The van der Waals surface area contributed by atoms with Crippen LogP contribution in [-0.4, -0.2) is 0 Å². The minimum atomic E-state index is -0.818. The van der Waals surface area contributed by atoms with Crippen LogP contribution in [0.15, 0.2) is 15.0 Å². The van der Waals surface area contributed by atoms with Gasteiger partial charge >= 0.3 is 0 Å². The van der Waals surface area contributed by atoms with Crippen LogP contribution in [-0.2, 0) is 6.42 Å². The Hall–Kier alpha value is 0.0400. The Balaban J connectivity index is 3.42. The van der Waals surface area contributed by atoms with Crippen LogP contribution in [0.25, 0.3) is 0 Å². The first-order valence-electron chi connectivity index (χ1n) is 3.39. The minimum absolute atomic E-state index is 0.363. The van der Waals surface area contributed by atoms with Crippen LogP contribution < -0.4 is 0 Å². The quantitative estimate of drug-likeness (QED) is 0.686. The topological polar surface area (TPSA) is 0 Å². The van der Waals surface area contributed by atoms with Gasteiger partial charge in [0.05, 0.1) is 0 Å². The zero-order chi connectivity index (χ0) is 9.30. The molecule has 0 N–H and O–H groups in total. The molecule has 0 heterocycles. The number of benzene rings is 1. The van der Waals surface area contributed by atoms with Gasteiger partial charge in [0.15, 0.2) is 11.6 Å². The van der Waals surface area contributed by atoms with Crippen molar-refractivity contribution in [2.24, 2.45) is 0 Å². The smallest absolute Gasteiger partial charge is 0.163 e. The maximum absolute atomic E-state index is 13.0. The van der Waals surface area contributed by atoms with Crippen LogP contribution in [0, 0.1) is 11.6 Å². The van der Waals surface area contributed by atoms with E-state index in [1.54, 1.807) is 6.92 Å². The van der Waals surface area contributed by atoms with E-state index in [-0.39, 0.29) is 0 Å². The van der Waals surface area contributed by atoms with Crippen molar-refractivity contribution in [1.29, 1.82) is 0 Å². The minimum Gasteiger partial charge on any atom is -0.204 e. The summed E-state index contributed by atoms with van der Waals surface area (Å²) >= 11 is 6.29. The van der Waals surface area contributed by atoms with Gasteiger partial charge in [-0.2, -0.15) is 0 Å². The average Bonchev–Trinajstić information content (AvgIpc) is 2.02. The molecule has 0 radical (unpaired) electrons. The Morgan fingerprint density at radius 3 is 2.42 bits per heavy atom. The molecule has 0 unspecified atom stereocenters. The molecule has 0 saturated heterocycles. The van der Waals surface area contributed by atoms with Crippen LogP contribution in [0.3, 0.4) is 0 Å². The fourth-order valence-corrected chi connectivity index (χ4v) is 1.94. The molecule has 0 saturated carbocycles. The van der Waals surface area contributed by atoms with Gasteiger partial charge in [-0.15, -0.1) is 0 Å². The molecule has 0 fully saturated rings. The normalized spacial score (nSPS) is 10.4. The lowest BCUT2D eigenvalue weighted by Gasteiger charge is -2.05. The van der Waals surface area contributed by atoms with Gasteiger partial charge in [0.2, 0.25) is 0 Å². The highest BCUT2D eigenvalue weighted by Crippen LogP contribution is 2.30. The third-order valence-corrected chi connectivity index (χ3v) is 3.62. The molecule has 0 nitrogen and oxygen atoms in total. The second-order valence-corrected chi connectivity index (χ2v) is 3.95. The van der Waals surface area contributed by atoms with Crippen LogP contribution in [0.1, 0.15) is 12.5 Å². The zero-order valence-electron chi connectivity index (χ0n) is 6.30. The number of halogens is 4. The third-order valence-electron chi connectivity index (χ3n) is 1.56. The summed E-state index contributed by atoms with van der Waals surface area (Å²) in [6.45, 7) is 1.77. The summed E-state index contributed by atoms with van der Waals surface area (Å²) in [7, 11) is 0. The molecule has 12 heavy (non-hydrogen) atoms. The maximum Gasteiger partial charge on any atom is 0.163 e. The van der Waals surface area contributed by atoms with Gasteiger partial charge in [0, 0.05) is 14.5 Å². The number of rotatable bonds is 1. The fourth-order valence-electron chi connectivity index (χ4n) is 0.933. The van der Waals surface area contributed by atoms with E-state index < -0.39 is 11.6 Å². The maximum atomic E-state index is 13.0. The summed E-state index contributed by atoms with van der Waals surface area (Å²) in [6, 6.07) is 1.11. The summed E-state index contributed by atoms with van der Waals surface area (Å²) in [6.07, 6.45) is 0.461. The fraction of sp³-hybridized carbons (Fsp3) is 0.250. The van der Waals surface area contributed by atoms with Crippen molar-refractivity contribution in [1.82, 2.24) is 0 Å². The van der Waals surface area contributed by atoms with Gasteiger partial charge < -0.3 is 0 Å². The van der Waals surface area contributed by atoms with Crippen molar-refractivity contribution in [3.05, 3.63) is 32.2 Å². The highest BCUT2D eigenvalue weighted by atomic mass is 79.9. The molecule has 0 bridgehead atoms. The summed E-state index contributed by atoms with van der Waals surface area (Å²) in [5.41, 5.74) is 0.363. The van der Waals surface area contributed by atoms with Gasteiger partial charge in [-0.25, -0.2) is 8.78 Å². The van der Waals surface area contributed by atoms with Gasteiger partial charge in [-0.3, -0.25) is 0 Å². The third kappa shape index (κ3) is 1.69. The summed E-state index contributed by atoms with van der Waals surface area (Å²) in [4.78, 5) is 0. The molecular weight excluding hydrogens is 294 g/mol. The largest absolute Gasteiger partial charge is 0.204 e. The lowest BCUT2D eigenvalue weighted by atomic mass is 10.1. The van der Waals surface area contributed by atoms with Crippen LogP contribution in [0.2, 0.25) is 0 Å². The van der Waals surface area contributed by atoms with Crippen molar-refractivity contribution < 1.29 is 8.78 Å². The van der Waals surface area contributed by atoms with Crippen LogP contribution in [0.5, 0.6) is 0 Å². The Kier molecular flexibility index (Phi) is 3.23. The van der Waals surface area contributed by atoms with E-state index in [4.69, 9.17) is 0 Å². The molecule has 1 aromatic rings. The molecule has 0 aliphatic rings. The van der Waals surface area contributed by atoms with E-state index in [0.29, 0.717) is 20.9 Å². The molecule has 0 aliphatic heterocycles. The van der Waals surface area contributed by atoms with Crippen molar-refractivity contribution >= 4 is 31.9 Å². The van der Waals surface area contributed by atoms with E-state index in [9.17, 15) is 8.78 Å². The molecule has 1 aromatic carbocycles. The Morgan fingerprint density at radius 2 is 1.92 bits per heavy atom. The van der Waals surface area contributed by atoms with Gasteiger partial charge in [0.25, 0.3) is 0 Å². The zero-order valence-corrected chi connectivity index (χ0v) is 9.47. The Bertz CT molecular complexity index is 284. The predicted octanol–water partition coefficient (Wildman–Crippen LogP) is 4.05. The first kappa shape index (κ1) is 10.1. The molecule has 0 atom stereocenters. The average molecular weight is 300 g/mol. The monoisotopic (exact) mass is 298 g/mol. The highest BCUT2D eigenvalue weighted by molar-refractivity contribution is 9.13. The summed E-state index contributed by atoms with van der Waals surface area (Å²) in [5, 5.41) is 0. The van der Waals surface area contributed by atoms with E-state index in [0.717, 1.165) is 6.07 Å². The van der Waals surface area contributed by atoms with E-state index in [2.05, 4.69) is 31.9 Å². The van der Waals surface area contributed by atoms with Crippen molar-refractivity contribution in [3.8, 4) is 0 Å². The molecule has 1 rings (SSSR count). The van der Waals surface area contributed by atoms with Crippen LogP contribution >= 0.6 is 31.9 Å². The first-order valence-corrected chi connectivity index (χ1v) is 4.98. The molecule has 4 heteroatoms. The highest BCUT2D eigenvalue weighted by Gasteiger charge is 2.13. The lowest BCUT2D eigenvalue weighted by molar-refractivity contribution is 0.498. The lowest BCUT2D eigenvalue weighted by Crippen LogP contribution is -1.95.